The topological polar surface area (TPSA) is 89.1 Å². The summed E-state index contributed by atoms with van der Waals surface area (Å²) < 4.78 is 4.92. The maximum Gasteiger partial charge on any atom is 0.339 e. The van der Waals surface area contributed by atoms with E-state index in [1.54, 1.807) is 12.3 Å². The third-order valence-electron chi connectivity index (χ3n) is 3.04. The first-order chi connectivity index (χ1) is 10.0. The van der Waals surface area contributed by atoms with E-state index in [4.69, 9.17) is 9.63 Å². The summed E-state index contributed by atoms with van der Waals surface area (Å²) in [4.78, 5) is 19.5. The fourth-order valence-electron chi connectivity index (χ4n) is 1.93. The molecule has 0 radical (unpaired) electrons. The highest BCUT2D eigenvalue weighted by Gasteiger charge is 2.15. The number of hydrogen-bond donors (Lipinski definition) is 1. The largest absolute Gasteiger partial charge is 0.478 e. The van der Waals surface area contributed by atoms with Crippen LogP contribution in [0.15, 0.2) is 17.0 Å². The summed E-state index contributed by atoms with van der Waals surface area (Å²) in [5.74, 6) is -0.540. The van der Waals surface area contributed by atoms with Crippen molar-refractivity contribution in [3.8, 4) is 0 Å². The summed E-state index contributed by atoms with van der Waals surface area (Å²) >= 11 is 0. The molecule has 0 fully saturated rings. The van der Waals surface area contributed by atoms with Crippen molar-refractivity contribution in [1.82, 2.24) is 15.1 Å². The molecule has 6 nitrogen and oxygen atoms in total. The zero-order chi connectivity index (χ0) is 15.4. The lowest BCUT2D eigenvalue weighted by Crippen LogP contribution is -2.08. The Morgan fingerprint density at radius 3 is 2.81 bits per heavy atom. The van der Waals surface area contributed by atoms with Crippen LogP contribution in [0.1, 0.15) is 59.8 Å². The number of hydrogen-bond acceptors (Lipinski definition) is 5. The Hall–Kier alpha value is -2.50. The van der Waals surface area contributed by atoms with E-state index in [9.17, 15) is 4.79 Å². The molecule has 2 aromatic rings. The van der Waals surface area contributed by atoms with Crippen LogP contribution >= 0.6 is 0 Å². The summed E-state index contributed by atoms with van der Waals surface area (Å²) in [6.45, 7) is 5.79. The molecule has 0 spiro atoms. The van der Waals surface area contributed by atoms with Crippen molar-refractivity contribution in [2.45, 2.75) is 33.1 Å². The van der Waals surface area contributed by atoms with Crippen molar-refractivity contribution in [2.24, 2.45) is 0 Å². The third kappa shape index (κ3) is 3.34. The van der Waals surface area contributed by atoms with E-state index < -0.39 is 5.97 Å². The van der Waals surface area contributed by atoms with Gasteiger partial charge >= 0.3 is 5.97 Å². The Bertz CT molecular complexity index is 675. The second-order valence-corrected chi connectivity index (χ2v) is 4.89. The van der Waals surface area contributed by atoms with Gasteiger partial charge in [0.05, 0.1) is 17.0 Å². The number of rotatable bonds is 5. The van der Waals surface area contributed by atoms with Gasteiger partial charge in [-0.25, -0.2) is 14.8 Å². The number of carboxylic acids is 1. The first-order valence-corrected chi connectivity index (χ1v) is 6.74. The lowest BCUT2D eigenvalue weighted by molar-refractivity contribution is 0.0694. The molecular weight excluding hydrogens is 270 g/mol. The van der Waals surface area contributed by atoms with Gasteiger partial charge in [0, 0.05) is 11.8 Å². The van der Waals surface area contributed by atoms with E-state index in [1.807, 2.05) is 26.8 Å². The molecule has 6 heteroatoms. The third-order valence-corrected chi connectivity index (χ3v) is 3.04. The van der Waals surface area contributed by atoms with Crippen LogP contribution in [0.25, 0.3) is 12.2 Å². The van der Waals surface area contributed by atoms with Crippen LogP contribution in [0.4, 0.5) is 0 Å². The van der Waals surface area contributed by atoms with Gasteiger partial charge in [-0.05, 0) is 24.5 Å². The molecule has 110 valence electrons. The molecule has 21 heavy (non-hydrogen) atoms. The van der Waals surface area contributed by atoms with Crippen LogP contribution < -0.4 is 0 Å². The molecule has 2 rings (SSSR count). The Kier molecular flexibility index (Phi) is 4.47. The smallest absolute Gasteiger partial charge is 0.339 e. The number of aromatic nitrogens is 3. The molecule has 1 N–H and O–H groups in total. The van der Waals surface area contributed by atoms with E-state index in [0.717, 1.165) is 17.7 Å². The minimum absolute atomic E-state index is 0.00745. The van der Waals surface area contributed by atoms with Crippen molar-refractivity contribution < 1.29 is 14.4 Å². The van der Waals surface area contributed by atoms with Crippen LogP contribution in [0.2, 0.25) is 0 Å². The van der Waals surface area contributed by atoms with Crippen LogP contribution in [0.3, 0.4) is 0 Å². The summed E-state index contributed by atoms with van der Waals surface area (Å²) in [5.41, 5.74) is 2.39. The van der Waals surface area contributed by atoms with Gasteiger partial charge in [-0.1, -0.05) is 25.9 Å². The van der Waals surface area contributed by atoms with Gasteiger partial charge in [0.2, 0.25) is 0 Å². The number of aryl methyl sites for hydroxylation is 1. The predicted molar refractivity (Wildman–Crippen MR) is 77.9 cm³/mol. The molecule has 0 amide bonds. The minimum Gasteiger partial charge on any atom is -0.478 e. The van der Waals surface area contributed by atoms with Crippen molar-refractivity contribution in [2.75, 3.05) is 0 Å². The maximum atomic E-state index is 11.1. The van der Waals surface area contributed by atoms with Crippen molar-refractivity contribution in [3.63, 3.8) is 0 Å². The molecule has 0 bridgehead atoms. The highest BCUT2D eigenvalue weighted by atomic mass is 16.5. The monoisotopic (exact) mass is 287 g/mol. The first kappa shape index (κ1) is 14.9. The molecule has 0 unspecified atom stereocenters. The molecule has 2 heterocycles. The SMILES string of the molecule is CCc1nocc1C=Cc1ncc(C(=O)O)c(C(C)C)n1. The highest BCUT2D eigenvalue weighted by molar-refractivity contribution is 5.88. The van der Waals surface area contributed by atoms with Gasteiger partial charge in [-0.15, -0.1) is 0 Å². The lowest BCUT2D eigenvalue weighted by atomic mass is 10.1. The van der Waals surface area contributed by atoms with Crippen molar-refractivity contribution in [1.29, 1.82) is 0 Å². The Morgan fingerprint density at radius 2 is 2.19 bits per heavy atom. The fourth-order valence-corrected chi connectivity index (χ4v) is 1.93. The van der Waals surface area contributed by atoms with Gasteiger partial charge < -0.3 is 9.63 Å². The van der Waals surface area contributed by atoms with E-state index in [1.165, 1.54) is 6.20 Å². The summed E-state index contributed by atoms with van der Waals surface area (Å²) in [6.07, 6.45) is 7.22. The van der Waals surface area contributed by atoms with E-state index in [-0.39, 0.29) is 11.5 Å². The normalized spacial score (nSPS) is 11.4. The van der Waals surface area contributed by atoms with Crippen LogP contribution in [0, 0.1) is 0 Å². The molecule has 0 aliphatic carbocycles. The van der Waals surface area contributed by atoms with Crippen LogP contribution in [-0.2, 0) is 6.42 Å². The zero-order valence-corrected chi connectivity index (χ0v) is 12.2. The van der Waals surface area contributed by atoms with E-state index in [0.29, 0.717) is 11.5 Å². The van der Waals surface area contributed by atoms with Crippen molar-refractivity contribution in [3.05, 3.63) is 40.8 Å². The van der Waals surface area contributed by atoms with Gasteiger partial charge in [-0.2, -0.15) is 0 Å². The summed E-state index contributed by atoms with van der Waals surface area (Å²) in [6, 6.07) is 0. The first-order valence-electron chi connectivity index (χ1n) is 6.74. The zero-order valence-electron chi connectivity index (χ0n) is 12.2. The fraction of sp³-hybridized carbons (Fsp3) is 0.333. The number of nitrogens with zero attached hydrogens (tertiary/aromatic N) is 3. The Labute approximate surface area is 122 Å². The highest BCUT2D eigenvalue weighted by Crippen LogP contribution is 2.18. The Balaban J connectivity index is 2.33. The molecule has 0 saturated carbocycles. The molecule has 2 aromatic heterocycles. The molecule has 0 saturated heterocycles. The molecule has 0 aromatic carbocycles. The second kappa shape index (κ2) is 6.30. The van der Waals surface area contributed by atoms with Crippen LogP contribution in [0.5, 0.6) is 0 Å². The number of carbonyl (C=O) groups is 1. The molecular formula is C15H17N3O3. The van der Waals surface area contributed by atoms with Gasteiger partial charge in [0.15, 0.2) is 5.82 Å². The predicted octanol–water partition coefficient (Wildman–Crippen LogP) is 3.02. The average molecular weight is 287 g/mol. The second-order valence-electron chi connectivity index (χ2n) is 4.89. The summed E-state index contributed by atoms with van der Waals surface area (Å²) in [7, 11) is 0. The Morgan fingerprint density at radius 1 is 1.43 bits per heavy atom. The number of carboxylic acid groups (broad SMARTS) is 1. The molecule has 0 aliphatic rings. The minimum atomic E-state index is -1.01. The standard InChI is InChI=1S/C15H17N3O3/c1-4-12-10(8-21-18-12)5-6-13-16-7-11(15(19)20)14(17-13)9(2)3/h5-9H,4H2,1-3H3,(H,19,20). The average Bonchev–Trinajstić information content (AvgIpc) is 2.92. The van der Waals surface area contributed by atoms with E-state index >= 15 is 0 Å². The quantitative estimate of drug-likeness (QED) is 0.909. The van der Waals surface area contributed by atoms with Gasteiger partial charge in [0.25, 0.3) is 0 Å². The van der Waals surface area contributed by atoms with Crippen LogP contribution in [-0.4, -0.2) is 26.2 Å². The van der Waals surface area contributed by atoms with Gasteiger partial charge in [-0.3, -0.25) is 0 Å². The molecule has 0 atom stereocenters. The number of aromatic carboxylic acids is 1. The maximum absolute atomic E-state index is 11.1. The van der Waals surface area contributed by atoms with Crippen molar-refractivity contribution >= 4 is 18.1 Å². The molecule has 0 aliphatic heterocycles. The van der Waals surface area contributed by atoms with E-state index in [2.05, 4.69) is 15.1 Å². The summed E-state index contributed by atoms with van der Waals surface area (Å²) in [5, 5.41) is 13.0. The van der Waals surface area contributed by atoms with Gasteiger partial charge in [0.1, 0.15) is 6.26 Å². The lowest BCUT2D eigenvalue weighted by Gasteiger charge is -2.08.